The van der Waals surface area contributed by atoms with E-state index in [0.29, 0.717) is 0 Å². The van der Waals surface area contributed by atoms with E-state index >= 15 is 0 Å². The van der Waals surface area contributed by atoms with Crippen molar-refractivity contribution in [2.75, 3.05) is 0 Å². The highest BCUT2D eigenvalue weighted by atomic mass is 127. The van der Waals surface area contributed by atoms with Crippen LogP contribution in [0.4, 0.5) is 0 Å². The second kappa shape index (κ2) is 4.10. The van der Waals surface area contributed by atoms with E-state index < -0.39 is 0 Å². The number of benzene rings is 1. The zero-order valence-electron chi connectivity index (χ0n) is 6.97. The zero-order valence-corrected chi connectivity index (χ0v) is 9.13. The lowest BCUT2D eigenvalue weighted by molar-refractivity contribution is 0.645. The molecule has 0 radical (unpaired) electrons. The molecule has 1 aromatic rings. The summed E-state index contributed by atoms with van der Waals surface area (Å²) in [5, 5.41) is 0. The third kappa shape index (κ3) is 2.81. The van der Waals surface area contributed by atoms with Gasteiger partial charge in [0.05, 0.1) is 0 Å². The summed E-state index contributed by atoms with van der Waals surface area (Å²) in [5.41, 5.74) is 1.48. The first-order valence-electron chi connectivity index (χ1n) is 3.93. The Kier molecular flexibility index (Phi) is 3.37. The van der Waals surface area contributed by atoms with Gasteiger partial charge in [0, 0.05) is 3.57 Å². The predicted molar refractivity (Wildman–Crippen MR) is 57.7 cm³/mol. The summed E-state index contributed by atoms with van der Waals surface area (Å²) in [6, 6.07) is 8.57. The van der Waals surface area contributed by atoms with Gasteiger partial charge in [-0.1, -0.05) is 32.0 Å². The maximum atomic E-state index is 2.39. The maximum Gasteiger partial charge on any atom is 0.0162 e. The summed E-state index contributed by atoms with van der Waals surface area (Å²) >= 11 is 2.39. The predicted octanol–water partition coefficient (Wildman–Crippen LogP) is 3.49. The van der Waals surface area contributed by atoms with Crippen LogP contribution in [0.5, 0.6) is 0 Å². The summed E-state index contributed by atoms with van der Waals surface area (Å²) in [7, 11) is 0. The lowest BCUT2D eigenvalue weighted by Crippen LogP contribution is -1.95. The molecule has 0 saturated heterocycles. The monoisotopic (exact) mass is 260 g/mol. The fourth-order valence-corrected chi connectivity index (χ4v) is 1.71. The summed E-state index contributed by atoms with van der Waals surface area (Å²) < 4.78 is 1.39. The number of halogens is 1. The zero-order chi connectivity index (χ0) is 8.27. The quantitative estimate of drug-likeness (QED) is 0.714. The molecule has 0 N–H and O–H groups in total. The first-order chi connectivity index (χ1) is 5.20. The highest BCUT2D eigenvalue weighted by Crippen LogP contribution is 2.15. The molecule has 0 heterocycles. The van der Waals surface area contributed by atoms with Gasteiger partial charge in [0.1, 0.15) is 0 Å². The van der Waals surface area contributed by atoms with Gasteiger partial charge in [-0.2, -0.15) is 0 Å². The van der Waals surface area contributed by atoms with E-state index in [2.05, 4.69) is 60.7 Å². The highest BCUT2D eigenvalue weighted by molar-refractivity contribution is 14.1. The molecule has 0 aromatic heterocycles. The summed E-state index contributed by atoms with van der Waals surface area (Å²) in [6.45, 7) is 4.51. The van der Waals surface area contributed by atoms with E-state index in [-0.39, 0.29) is 0 Å². The van der Waals surface area contributed by atoms with Gasteiger partial charge in [-0.05, 0) is 46.6 Å². The molecule has 1 heteroatoms. The van der Waals surface area contributed by atoms with Crippen LogP contribution in [0.2, 0.25) is 0 Å². The molecule has 0 unspecified atom stereocenters. The Balaban J connectivity index is 2.78. The van der Waals surface area contributed by atoms with Crippen molar-refractivity contribution in [3.63, 3.8) is 0 Å². The van der Waals surface area contributed by atoms with Gasteiger partial charge in [-0.15, -0.1) is 0 Å². The summed E-state index contributed by atoms with van der Waals surface area (Å²) in [5.74, 6) is 0.755. The molecule has 0 fully saturated rings. The molecule has 11 heavy (non-hydrogen) atoms. The van der Waals surface area contributed by atoms with Crippen molar-refractivity contribution in [2.24, 2.45) is 5.92 Å². The van der Waals surface area contributed by atoms with Crippen molar-refractivity contribution < 1.29 is 0 Å². The molecule has 0 aliphatic heterocycles. The van der Waals surface area contributed by atoms with E-state index in [4.69, 9.17) is 0 Å². The SMILES string of the molecule is CC(C)Cc1ccccc1I. The molecule has 60 valence electrons. The van der Waals surface area contributed by atoms with Crippen LogP contribution in [0.3, 0.4) is 0 Å². The van der Waals surface area contributed by atoms with Gasteiger partial charge in [0.15, 0.2) is 0 Å². The van der Waals surface area contributed by atoms with Crippen LogP contribution >= 0.6 is 22.6 Å². The molecule has 0 spiro atoms. The van der Waals surface area contributed by atoms with Crippen LogP contribution in [0.25, 0.3) is 0 Å². The first kappa shape index (κ1) is 9.04. The number of hydrogen-bond acceptors (Lipinski definition) is 0. The van der Waals surface area contributed by atoms with Crippen molar-refractivity contribution in [2.45, 2.75) is 20.3 Å². The van der Waals surface area contributed by atoms with Gasteiger partial charge in [0.2, 0.25) is 0 Å². The first-order valence-corrected chi connectivity index (χ1v) is 5.01. The van der Waals surface area contributed by atoms with E-state index in [9.17, 15) is 0 Å². The topological polar surface area (TPSA) is 0 Å². The Bertz CT molecular complexity index is 228. The van der Waals surface area contributed by atoms with Crippen LogP contribution < -0.4 is 0 Å². The van der Waals surface area contributed by atoms with E-state index in [1.807, 2.05) is 0 Å². The summed E-state index contributed by atoms with van der Waals surface area (Å²) in [6.07, 6.45) is 1.19. The molecule has 0 saturated carbocycles. The normalized spacial score (nSPS) is 10.5. The van der Waals surface area contributed by atoms with Gasteiger partial charge < -0.3 is 0 Å². The Labute approximate surface area is 82.2 Å². The van der Waals surface area contributed by atoms with E-state index in [0.717, 1.165) is 5.92 Å². The van der Waals surface area contributed by atoms with Crippen LogP contribution in [-0.2, 0) is 6.42 Å². The van der Waals surface area contributed by atoms with Crippen LogP contribution in [0.15, 0.2) is 24.3 Å². The van der Waals surface area contributed by atoms with Gasteiger partial charge in [-0.25, -0.2) is 0 Å². The lowest BCUT2D eigenvalue weighted by atomic mass is 10.0. The molecule has 0 aliphatic carbocycles. The van der Waals surface area contributed by atoms with Crippen molar-refractivity contribution in [3.8, 4) is 0 Å². The third-order valence-electron chi connectivity index (χ3n) is 1.59. The fourth-order valence-electron chi connectivity index (χ4n) is 1.10. The van der Waals surface area contributed by atoms with Crippen molar-refractivity contribution in [1.82, 2.24) is 0 Å². The molecule has 1 rings (SSSR count). The minimum atomic E-state index is 0.755. The highest BCUT2D eigenvalue weighted by Gasteiger charge is 1.99. The molecule has 0 atom stereocenters. The molecular formula is C10H13I. The largest absolute Gasteiger partial charge is 0.0625 e. The average Bonchev–Trinajstić information content (AvgIpc) is 1.93. The standard InChI is InChI=1S/C10H13I/c1-8(2)7-9-5-3-4-6-10(9)11/h3-6,8H,7H2,1-2H3. The third-order valence-corrected chi connectivity index (χ3v) is 2.64. The Morgan fingerprint density at radius 2 is 1.91 bits per heavy atom. The summed E-state index contributed by atoms with van der Waals surface area (Å²) in [4.78, 5) is 0. The Morgan fingerprint density at radius 3 is 2.45 bits per heavy atom. The molecule has 1 aromatic carbocycles. The van der Waals surface area contributed by atoms with Crippen molar-refractivity contribution in [1.29, 1.82) is 0 Å². The van der Waals surface area contributed by atoms with E-state index in [1.54, 1.807) is 0 Å². The minimum absolute atomic E-state index is 0.755. The van der Waals surface area contributed by atoms with Gasteiger partial charge >= 0.3 is 0 Å². The van der Waals surface area contributed by atoms with Crippen molar-refractivity contribution in [3.05, 3.63) is 33.4 Å². The lowest BCUT2D eigenvalue weighted by Gasteiger charge is -2.05. The average molecular weight is 260 g/mol. The van der Waals surface area contributed by atoms with Gasteiger partial charge in [-0.3, -0.25) is 0 Å². The van der Waals surface area contributed by atoms with Gasteiger partial charge in [0.25, 0.3) is 0 Å². The number of hydrogen-bond donors (Lipinski definition) is 0. The number of rotatable bonds is 2. The smallest absolute Gasteiger partial charge is 0.0162 e. The van der Waals surface area contributed by atoms with Crippen LogP contribution in [0, 0.1) is 9.49 Å². The van der Waals surface area contributed by atoms with E-state index in [1.165, 1.54) is 15.6 Å². The minimum Gasteiger partial charge on any atom is -0.0625 e. The Morgan fingerprint density at radius 1 is 1.27 bits per heavy atom. The fraction of sp³-hybridized carbons (Fsp3) is 0.400. The Hall–Kier alpha value is -0.0500. The second-order valence-corrected chi connectivity index (χ2v) is 4.35. The molecular weight excluding hydrogens is 247 g/mol. The molecule has 0 nitrogen and oxygen atoms in total. The van der Waals surface area contributed by atoms with Crippen molar-refractivity contribution >= 4 is 22.6 Å². The molecule has 0 amide bonds. The maximum absolute atomic E-state index is 2.39. The molecule has 0 aliphatic rings. The van der Waals surface area contributed by atoms with Crippen LogP contribution in [0.1, 0.15) is 19.4 Å². The molecule has 0 bridgehead atoms. The van der Waals surface area contributed by atoms with Crippen LogP contribution in [-0.4, -0.2) is 0 Å². The second-order valence-electron chi connectivity index (χ2n) is 3.19.